The Morgan fingerprint density at radius 2 is 2.26 bits per heavy atom. The minimum atomic E-state index is -3.49. The maximum absolute atomic E-state index is 12.3. The van der Waals surface area contributed by atoms with Gasteiger partial charge in [0.25, 0.3) is 0 Å². The molecule has 19 heavy (non-hydrogen) atoms. The van der Waals surface area contributed by atoms with E-state index in [-0.39, 0.29) is 17.5 Å². The quantitative estimate of drug-likeness (QED) is 0.763. The molecular formula is C11H21N3O3S2. The number of rotatable bonds is 8. The first-order chi connectivity index (χ1) is 8.93. The fourth-order valence-electron chi connectivity index (χ4n) is 1.58. The SMILES string of the molecule is CSCC(C)N(C)S(=O)(=O)c1cnn(CCCO)c1. The summed E-state index contributed by atoms with van der Waals surface area (Å²) in [5.41, 5.74) is 0. The van der Waals surface area contributed by atoms with E-state index >= 15 is 0 Å². The van der Waals surface area contributed by atoms with Crippen LogP contribution < -0.4 is 0 Å². The zero-order valence-electron chi connectivity index (χ0n) is 11.5. The fourth-order valence-corrected chi connectivity index (χ4v) is 3.70. The van der Waals surface area contributed by atoms with Gasteiger partial charge in [-0.25, -0.2) is 8.42 Å². The number of hydrogen-bond acceptors (Lipinski definition) is 5. The summed E-state index contributed by atoms with van der Waals surface area (Å²) in [5, 5.41) is 12.7. The molecule has 0 bridgehead atoms. The van der Waals surface area contributed by atoms with Crippen molar-refractivity contribution < 1.29 is 13.5 Å². The lowest BCUT2D eigenvalue weighted by atomic mass is 10.4. The highest BCUT2D eigenvalue weighted by Crippen LogP contribution is 2.17. The largest absolute Gasteiger partial charge is 0.396 e. The minimum absolute atomic E-state index is 0.0621. The van der Waals surface area contributed by atoms with E-state index in [1.807, 2.05) is 13.2 Å². The number of aliphatic hydroxyl groups is 1. The molecule has 1 rings (SSSR count). The molecule has 0 radical (unpaired) electrons. The number of aryl methyl sites for hydroxylation is 1. The van der Waals surface area contributed by atoms with E-state index in [0.717, 1.165) is 5.75 Å². The standard InChI is InChI=1S/C11H21N3O3S2/c1-10(9-18-3)13(2)19(16,17)11-7-12-14(8-11)5-4-6-15/h7-8,10,15H,4-6,9H2,1-3H3. The Morgan fingerprint density at radius 1 is 1.58 bits per heavy atom. The van der Waals surface area contributed by atoms with Crippen molar-refractivity contribution in [1.82, 2.24) is 14.1 Å². The first kappa shape index (κ1) is 16.5. The number of hydrogen-bond donors (Lipinski definition) is 1. The summed E-state index contributed by atoms with van der Waals surface area (Å²) in [6.45, 7) is 2.45. The Morgan fingerprint density at radius 3 is 2.84 bits per heavy atom. The summed E-state index contributed by atoms with van der Waals surface area (Å²) in [7, 11) is -1.91. The lowest BCUT2D eigenvalue weighted by molar-refractivity contribution is 0.277. The highest BCUT2D eigenvalue weighted by molar-refractivity contribution is 7.98. The van der Waals surface area contributed by atoms with Crippen molar-refractivity contribution in [2.24, 2.45) is 0 Å². The molecule has 0 aromatic carbocycles. The van der Waals surface area contributed by atoms with Gasteiger partial charge in [0.1, 0.15) is 4.90 Å². The maximum atomic E-state index is 12.3. The molecule has 0 amide bonds. The van der Waals surface area contributed by atoms with Crippen LogP contribution in [0.5, 0.6) is 0 Å². The van der Waals surface area contributed by atoms with E-state index < -0.39 is 10.0 Å². The second kappa shape index (κ2) is 7.28. The smallest absolute Gasteiger partial charge is 0.246 e. The summed E-state index contributed by atoms with van der Waals surface area (Å²) < 4.78 is 27.6. The molecule has 1 aromatic heterocycles. The fraction of sp³-hybridized carbons (Fsp3) is 0.727. The van der Waals surface area contributed by atoms with Crippen LogP contribution in [0.15, 0.2) is 17.3 Å². The van der Waals surface area contributed by atoms with Gasteiger partial charge in [0.2, 0.25) is 10.0 Å². The molecule has 1 atom stereocenters. The van der Waals surface area contributed by atoms with Crippen LogP contribution in [-0.4, -0.2) is 59.3 Å². The summed E-state index contributed by atoms with van der Waals surface area (Å²) in [4.78, 5) is 0.195. The lowest BCUT2D eigenvalue weighted by Gasteiger charge is -2.22. The third kappa shape index (κ3) is 4.20. The van der Waals surface area contributed by atoms with Gasteiger partial charge in [-0.15, -0.1) is 0 Å². The molecule has 6 nitrogen and oxygen atoms in total. The predicted molar refractivity (Wildman–Crippen MR) is 76.7 cm³/mol. The van der Waals surface area contributed by atoms with Crippen molar-refractivity contribution in [2.45, 2.75) is 30.8 Å². The zero-order chi connectivity index (χ0) is 14.5. The number of thioether (sulfide) groups is 1. The number of sulfonamides is 1. The van der Waals surface area contributed by atoms with Gasteiger partial charge < -0.3 is 5.11 Å². The van der Waals surface area contributed by atoms with Crippen LogP contribution in [-0.2, 0) is 16.6 Å². The van der Waals surface area contributed by atoms with Crippen LogP contribution in [0.2, 0.25) is 0 Å². The molecule has 8 heteroatoms. The highest BCUT2D eigenvalue weighted by Gasteiger charge is 2.26. The molecule has 0 aliphatic rings. The normalized spacial score (nSPS) is 13.9. The molecule has 0 saturated heterocycles. The van der Waals surface area contributed by atoms with Gasteiger partial charge in [-0.3, -0.25) is 4.68 Å². The number of aliphatic hydroxyl groups excluding tert-OH is 1. The van der Waals surface area contributed by atoms with Crippen LogP contribution in [0.4, 0.5) is 0 Å². The van der Waals surface area contributed by atoms with E-state index in [0.29, 0.717) is 13.0 Å². The second-order valence-corrected chi connectivity index (χ2v) is 7.25. The zero-order valence-corrected chi connectivity index (χ0v) is 13.1. The monoisotopic (exact) mass is 307 g/mol. The van der Waals surface area contributed by atoms with E-state index in [4.69, 9.17) is 5.11 Å². The second-order valence-electron chi connectivity index (χ2n) is 4.34. The van der Waals surface area contributed by atoms with E-state index in [1.165, 1.54) is 21.4 Å². The van der Waals surface area contributed by atoms with Crippen LogP contribution in [0, 0.1) is 0 Å². The number of nitrogens with zero attached hydrogens (tertiary/aromatic N) is 3. The first-order valence-electron chi connectivity index (χ1n) is 6.03. The van der Waals surface area contributed by atoms with Gasteiger partial charge in [0.05, 0.1) is 6.20 Å². The molecule has 0 spiro atoms. The first-order valence-corrected chi connectivity index (χ1v) is 8.87. The highest BCUT2D eigenvalue weighted by atomic mass is 32.2. The van der Waals surface area contributed by atoms with Gasteiger partial charge in [0.15, 0.2) is 0 Å². The molecule has 110 valence electrons. The van der Waals surface area contributed by atoms with Crippen molar-refractivity contribution in [3.8, 4) is 0 Å². The lowest BCUT2D eigenvalue weighted by Crippen LogP contribution is -2.36. The van der Waals surface area contributed by atoms with Crippen LogP contribution >= 0.6 is 11.8 Å². The third-order valence-electron chi connectivity index (χ3n) is 2.86. The predicted octanol–water partition coefficient (Wildman–Crippen LogP) is 0.637. The van der Waals surface area contributed by atoms with E-state index in [2.05, 4.69) is 5.10 Å². The van der Waals surface area contributed by atoms with E-state index in [9.17, 15) is 8.42 Å². The van der Waals surface area contributed by atoms with Gasteiger partial charge in [-0.2, -0.15) is 21.2 Å². The van der Waals surface area contributed by atoms with Gasteiger partial charge >= 0.3 is 0 Å². The Bertz CT molecular complexity index is 487. The van der Waals surface area contributed by atoms with Gasteiger partial charge in [-0.1, -0.05) is 0 Å². The average molecular weight is 307 g/mol. The molecule has 0 aliphatic heterocycles. The molecule has 1 unspecified atom stereocenters. The third-order valence-corrected chi connectivity index (χ3v) is 5.60. The summed E-state index contributed by atoms with van der Waals surface area (Å²) in [6.07, 6.45) is 5.37. The molecule has 0 aliphatic carbocycles. The molecular weight excluding hydrogens is 286 g/mol. The van der Waals surface area contributed by atoms with Crippen LogP contribution in [0.3, 0.4) is 0 Å². The van der Waals surface area contributed by atoms with Crippen molar-refractivity contribution in [3.05, 3.63) is 12.4 Å². The van der Waals surface area contributed by atoms with E-state index in [1.54, 1.807) is 18.8 Å². The molecule has 1 heterocycles. The van der Waals surface area contributed by atoms with Crippen LogP contribution in [0.1, 0.15) is 13.3 Å². The van der Waals surface area contributed by atoms with Crippen molar-refractivity contribution >= 4 is 21.8 Å². The Balaban J connectivity index is 2.84. The van der Waals surface area contributed by atoms with Crippen LogP contribution in [0.25, 0.3) is 0 Å². The van der Waals surface area contributed by atoms with Crippen molar-refractivity contribution in [3.63, 3.8) is 0 Å². The van der Waals surface area contributed by atoms with Gasteiger partial charge in [-0.05, 0) is 19.6 Å². The Labute approximate surface area is 118 Å². The topological polar surface area (TPSA) is 75.4 Å². The summed E-state index contributed by atoms with van der Waals surface area (Å²) >= 11 is 1.61. The molecule has 0 fully saturated rings. The molecule has 1 aromatic rings. The number of aromatic nitrogens is 2. The average Bonchev–Trinajstić information content (AvgIpc) is 2.85. The van der Waals surface area contributed by atoms with Crippen molar-refractivity contribution in [2.75, 3.05) is 25.7 Å². The Kier molecular flexibility index (Phi) is 6.31. The minimum Gasteiger partial charge on any atom is -0.396 e. The molecule has 0 saturated carbocycles. The van der Waals surface area contributed by atoms with Crippen molar-refractivity contribution in [1.29, 1.82) is 0 Å². The Hall–Kier alpha value is -0.570. The summed E-state index contributed by atoms with van der Waals surface area (Å²) in [5.74, 6) is 0.744. The maximum Gasteiger partial charge on any atom is 0.246 e. The summed E-state index contributed by atoms with van der Waals surface area (Å²) in [6, 6.07) is -0.0687. The molecule has 1 N–H and O–H groups in total. The van der Waals surface area contributed by atoms with Gasteiger partial charge in [0, 0.05) is 38.2 Å².